The second-order valence-corrected chi connectivity index (χ2v) is 5.37. The Morgan fingerprint density at radius 1 is 1.35 bits per heavy atom. The quantitative estimate of drug-likeness (QED) is 0.848. The lowest BCUT2D eigenvalue weighted by Gasteiger charge is -2.24. The third-order valence-electron chi connectivity index (χ3n) is 3.26. The fourth-order valence-corrected chi connectivity index (χ4v) is 2.38. The summed E-state index contributed by atoms with van der Waals surface area (Å²) in [6.07, 6.45) is 1.18. The van der Waals surface area contributed by atoms with Crippen LogP contribution in [0.1, 0.15) is 18.4 Å². The minimum Gasteiger partial charge on any atom is -0.328 e. The first-order chi connectivity index (χ1) is 7.98. The monoisotopic (exact) mass is 307 g/mol. The van der Waals surface area contributed by atoms with E-state index in [0.717, 1.165) is 18.9 Å². The van der Waals surface area contributed by atoms with Crippen LogP contribution in [0.4, 0.5) is 13.2 Å². The molecule has 94 valence electrons. The molecule has 17 heavy (non-hydrogen) atoms. The zero-order valence-corrected chi connectivity index (χ0v) is 10.7. The van der Waals surface area contributed by atoms with Crippen molar-refractivity contribution >= 4 is 15.9 Å². The van der Waals surface area contributed by atoms with Gasteiger partial charge in [0.25, 0.3) is 0 Å². The number of hydrogen-bond acceptors (Lipinski definition) is 1. The van der Waals surface area contributed by atoms with E-state index in [4.69, 9.17) is 5.73 Å². The van der Waals surface area contributed by atoms with Crippen molar-refractivity contribution in [3.63, 3.8) is 0 Å². The Morgan fingerprint density at radius 3 is 2.53 bits per heavy atom. The van der Waals surface area contributed by atoms with Crippen molar-refractivity contribution in [1.82, 2.24) is 0 Å². The van der Waals surface area contributed by atoms with Crippen molar-refractivity contribution in [3.8, 4) is 0 Å². The molecule has 2 N–H and O–H groups in total. The van der Waals surface area contributed by atoms with Crippen LogP contribution in [0.3, 0.4) is 0 Å². The van der Waals surface area contributed by atoms with Gasteiger partial charge in [0.15, 0.2) is 0 Å². The molecule has 0 spiro atoms. The normalized spacial score (nSPS) is 19.1. The van der Waals surface area contributed by atoms with Crippen LogP contribution in [0.2, 0.25) is 0 Å². The van der Waals surface area contributed by atoms with E-state index in [9.17, 15) is 13.2 Å². The molecule has 0 aliphatic heterocycles. The molecule has 0 radical (unpaired) electrons. The molecule has 0 bridgehead atoms. The van der Waals surface area contributed by atoms with Gasteiger partial charge >= 0.3 is 0 Å². The molecule has 1 unspecified atom stereocenters. The second-order valence-electron chi connectivity index (χ2n) is 4.51. The van der Waals surface area contributed by atoms with Crippen molar-refractivity contribution in [1.29, 1.82) is 0 Å². The Hall–Kier alpha value is -0.550. The topological polar surface area (TPSA) is 26.0 Å². The van der Waals surface area contributed by atoms with Crippen LogP contribution >= 0.6 is 15.9 Å². The standard InChI is InChI=1S/C12H13BrF3N/c13-9-3-4-10(14)8(11(9)15)5-12(16,6-17)7-1-2-7/h3-4,7H,1-2,5-6,17H2. The highest BCUT2D eigenvalue weighted by Crippen LogP contribution is 2.44. The van der Waals surface area contributed by atoms with Gasteiger partial charge in [0.05, 0.1) is 4.47 Å². The van der Waals surface area contributed by atoms with E-state index in [1.165, 1.54) is 6.07 Å². The molecule has 1 saturated carbocycles. The van der Waals surface area contributed by atoms with Gasteiger partial charge in [-0.3, -0.25) is 0 Å². The van der Waals surface area contributed by atoms with Crippen LogP contribution in [-0.4, -0.2) is 12.2 Å². The summed E-state index contributed by atoms with van der Waals surface area (Å²) in [6.45, 7) is -0.205. The molecule has 0 aromatic heterocycles. The maximum Gasteiger partial charge on any atom is 0.143 e. The molecule has 1 aliphatic carbocycles. The number of benzene rings is 1. The van der Waals surface area contributed by atoms with E-state index in [1.54, 1.807) is 0 Å². The Labute approximate surface area is 106 Å². The summed E-state index contributed by atoms with van der Waals surface area (Å²) in [5, 5.41) is 0. The van der Waals surface area contributed by atoms with E-state index >= 15 is 0 Å². The van der Waals surface area contributed by atoms with E-state index in [-0.39, 0.29) is 28.9 Å². The lowest BCUT2D eigenvalue weighted by molar-refractivity contribution is 0.139. The van der Waals surface area contributed by atoms with Gasteiger partial charge in [-0.05, 0) is 46.8 Å². The Bertz CT molecular complexity index is 434. The number of rotatable bonds is 4. The smallest absolute Gasteiger partial charge is 0.143 e. The van der Waals surface area contributed by atoms with Gasteiger partial charge in [0.1, 0.15) is 17.3 Å². The van der Waals surface area contributed by atoms with Crippen molar-refractivity contribution in [2.24, 2.45) is 11.7 Å². The van der Waals surface area contributed by atoms with Crippen LogP contribution < -0.4 is 5.73 Å². The molecule has 1 aromatic rings. The lowest BCUT2D eigenvalue weighted by Crippen LogP contribution is -2.38. The number of nitrogens with two attached hydrogens (primary N) is 1. The Balaban J connectivity index is 2.31. The first-order valence-electron chi connectivity index (χ1n) is 5.49. The number of alkyl halides is 1. The molecule has 1 atom stereocenters. The molecule has 1 nitrogen and oxygen atoms in total. The van der Waals surface area contributed by atoms with E-state index in [1.807, 2.05) is 0 Å². The van der Waals surface area contributed by atoms with Crippen molar-refractivity contribution < 1.29 is 13.2 Å². The van der Waals surface area contributed by atoms with Crippen LogP contribution in [-0.2, 0) is 6.42 Å². The third kappa shape index (κ3) is 2.50. The van der Waals surface area contributed by atoms with Crippen molar-refractivity contribution in [2.45, 2.75) is 24.9 Å². The Kier molecular flexibility index (Phi) is 3.50. The van der Waals surface area contributed by atoms with Gasteiger partial charge in [-0.15, -0.1) is 0 Å². The maximum atomic E-state index is 14.4. The highest BCUT2D eigenvalue weighted by atomic mass is 79.9. The first-order valence-corrected chi connectivity index (χ1v) is 6.28. The van der Waals surface area contributed by atoms with Gasteiger partial charge in [-0.25, -0.2) is 13.2 Å². The van der Waals surface area contributed by atoms with Crippen LogP contribution in [0.25, 0.3) is 0 Å². The second kappa shape index (κ2) is 4.61. The van der Waals surface area contributed by atoms with Crippen LogP contribution in [0, 0.1) is 17.6 Å². The summed E-state index contributed by atoms with van der Waals surface area (Å²) >= 11 is 2.97. The largest absolute Gasteiger partial charge is 0.328 e. The average Bonchev–Trinajstić information content (AvgIpc) is 3.14. The van der Waals surface area contributed by atoms with E-state index in [0.29, 0.717) is 0 Å². The van der Waals surface area contributed by atoms with E-state index in [2.05, 4.69) is 15.9 Å². The number of hydrogen-bond donors (Lipinski definition) is 1. The average molecular weight is 308 g/mol. The highest BCUT2D eigenvalue weighted by Gasteiger charge is 2.45. The summed E-state index contributed by atoms with van der Waals surface area (Å²) in [6, 6.07) is 2.40. The maximum absolute atomic E-state index is 14.4. The minimum absolute atomic E-state index is 0.143. The fourth-order valence-electron chi connectivity index (χ4n) is 2.01. The highest BCUT2D eigenvalue weighted by molar-refractivity contribution is 9.10. The molecule has 1 fully saturated rings. The molecule has 2 rings (SSSR count). The summed E-state index contributed by atoms with van der Waals surface area (Å²) in [4.78, 5) is 0. The number of halogens is 4. The molecule has 0 amide bonds. The van der Waals surface area contributed by atoms with E-state index < -0.39 is 17.3 Å². The molecule has 1 aliphatic rings. The van der Waals surface area contributed by atoms with Gasteiger partial charge in [0.2, 0.25) is 0 Å². The predicted octanol–water partition coefficient (Wildman–Crippen LogP) is 3.35. The molecule has 0 saturated heterocycles. The molecule has 1 aromatic carbocycles. The van der Waals surface area contributed by atoms with Crippen LogP contribution in [0.15, 0.2) is 16.6 Å². The summed E-state index contributed by atoms with van der Waals surface area (Å²) in [5.41, 5.74) is 3.49. The zero-order valence-electron chi connectivity index (χ0n) is 9.15. The SMILES string of the molecule is NCC(F)(Cc1c(F)ccc(Br)c1F)C1CC1. The molecule has 0 heterocycles. The fraction of sp³-hybridized carbons (Fsp3) is 0.500. The van der Waals surface area contributed by atoms with Gasteiger partial charge in [-0.2, -0.15) is 0 Å². The Morgan fingerprint density at radius 2 is 2.00 bits per heavy atom. The minimum atomic E-state index is -1.69. The zero-order chi connectivity index (χ0) is 12.6. The molecule has 5 heteroatoms. The van der Waals surface area contributed by atoms with Gasteiger partial charge in [0, 0.05) is 18.5 Å². The van der Waals surface area contributed by atoms with Gasteiger partial charge in [-0.1, -0.05) is 0 Å². The summed E-state index contributed by atoms with van der Waals surface area (Å²) in [7, 11) is 0. The summed E-state index contributed by atoms with van der Waals surface area (Å²) < 4.78 is 41.8. The predicted molar refractivity (Wildman–Crippen MR) is 63.4 cm³/mol. The summed E-state index contributed by atoms with van der Waals surface area (Å²) in [5.74, 6) is -1.62. The van der Waals surface area contributed by atoms with Crippen molar-refractivity contribution in [2.75, 3.05) is 6.54 Å². The third-order valence-corrected chi connectivity index (χ3v) is 3.87. The lowest BCUT2D eigenvalue weighted by atomic mass is 9.91. The molecular weight excluding hydrogens is 295 g/mol. The van der Waals surface area contributed by atoms with Crippen LogP contribution in [0.5, 0.6) is 0 Å². The molecular formula is C12H13BrF3N. The van der Waals surface area contributed by atoms with Gasteiger partial charge < -0.3 is 5.73 Å². The first kappa shape index (κ1) is 12.9. The van der Waals surface area contributed by atoms with Crippen molar-refractivity contribution in [3.05, 3.63) is 33.8 Å².